The smallest absolute Gasteiger partial charge is 0.280 e. The summed E-state index contributed by atoms with van der Waals surface area (Å²) >= 11 is 18.5. The van der Waals surface area contributed by atoms with Gasteiger partial charge in [0.1, 0.15) is 5.15 Å². The van der Waals surface area contributed by atoms with Gasteiger partial charge >= 0.3 is 0 Å². The molecule has 0 spiro atoms. The van der Waals surface area contributed by atoms with Gasteiger partial charge in [0.15, 0.2) is 5.75 Å². The van der Waals surface area contributed by atoms with Gasteiger partial charge in [-0.3, -0.25) is 10.1 Å². The minimum atomic E-state index is -0.595. The molecule has 2 rings (SSSR count). The SMILES string of the molecule is O=[N+]([O-])c1cc(Cl)c(Oc2nc(Cl)cs2)c(Cl)c1. The van der Waals surface area contributed by atoms with Gasteiger partial charge in [-0.15, -0.1) is 0 Å². The fourth-order valence-electron chi connectivity index (χ4n) is 1.12. The van der Waals surface area contributed by atoms with E-state index in [0.29, 0.717) is 0 Å². The molecule has 0 aliphatic carbocycles. The topological polar surface area (TPSA) is 65.3 Å². The molecule has 0 atom stereocenters. The van der Waals surface area contributed by atoms with Gasteiger partial charge in [-0.2, -0.15) is 4.98 Å². The normalized spacial score (nSPS) is 10.4. The summed E-state index contributed by atoms with van der Waals surface area (Å²) in [7, 11) is 0. The molecule has 0 bridgehead atoms. The number of nitro groups is 1. The summed E-state index contributed by atoms with van der Waals surface area (Å²) in [4.78, 5) is 13.9. The van der Waals surface area contributed by atoms with Crippen molar-refractivity contribution >= 4 is 51.8 Å². The second-order valence-corrected chi connectivity index (χ2v) is 5.06. The van der Waals surface area contributed by atoms with E-state index in [1.807, 2.05) is 0 Å². The van der Waals surface area contributed by atoms with Gasteiger partial charge in [0.2, 0.25) is 0 Å². The summed E-state index contributed by atoms with van der Waals surface area (Å²) in [6.45, 7) is 0. The molecule has 0 radical (unpaired) electrons. The summed E-state index contributed by atoms with van der Waals surface area (Å²) < 4.78 is 5.33. The first kappa shape index (κ1) is 13.4. The maximum atomic E-state index is 10.6. The number of hydrogen-bond donors (Lipinski definition) is 0. The molecular formula is C9H3Cl3N2O3S. The van der Waals surface area contributed by atoms with Gasteiger partial charge in [0, 0.05) is 17.5 Å². The molecule has 0 aliphatic rings. The zero-order valence-electron chi connectivity index (χ0n) is 8.39. The van der Waals surface area contributed by atoms with Crippen molar-refractivity contribution < 1.29 is 9.66 Å². The predicted molar refractivity (Wildman–Crippen MR) is 70.3 cm³/mol. The van der Waals surface area contributed by atoms with Crippen LogP contribution in [-0.2, 0) is 0 Å². The van der Waals surface area contributed by atoms with E-state index in [1.165, 1.54) is 0 Å². The minimum Gasteiger partial charge on any atom is -0.428 e. The van der Waals surface area contributed by atoms with Gasteiger partial charge in [-0.05, 0) is 0 Å². The number of rotatable bonds is 3. The molecule has 0 N–H and O–H groups in total. The summed E-state index contributed by atoms with van der Waals surface area (Å²) in [6.07, 6.45) is 0. The number of benzene rings is 1. The lowest BCUT2D eigenvalue weighted by Gasteiger charge is -2.06. The number of hydrogen-bond acceptors (Lipinski definition) is 5. The van der Waals surface area contributed by atoms with Crippen LogP contribution in [0.1, 0.15) is 0 Å². The van der Waals surface area contributed by atoms with Crippen LogP contribution in [0.4, 0.5) is 5.69 Å². The van der Waals surface area contributed by atoms with Gasteiger partial charge in [0.25, 0.3) is 10.9 Å². The largest absolute Gasteiger partial charge is 0.428 e. The van der Waals surface area contributed by atoms with Crippen molar-refractivity contribution in [3.63, 3.8) is 0 Å². The van der Waals surface area contributed by atoms with Crippen LogP contribution in [0.5, 0.6) is 10.9 Å². The standard InChI is InChI=1S/C9H3Cl3N2O3S/c10-5-1-4(14(15)16)2-6(11)8(5)17-9-13-7(12)3-18-9/h1-3H. The Hall–Kier alpha value is -1.08. The number of nitro benzene ring substituents is 1. The van der Waals surface area contributed by atoms with Crippen molar-refractivity contribution in [2.75, 3.05) is 0 Å². The van der Waals surface area contributed by atoms with Crippen molar-refractivity contribution in [3.05, 3.63) is 42.8 Å². The Labute approximate surface area is 120 Å². The molecule has 1 aromatic heterocycles. The summed E-state index contributed by atoms with van der Waals surface area (Å²) in [6, 6.07) is 2.30. The molecule has 18 heavy (non-hydrogen) atoms. The van der Waals surface area contributed by atoms with Crippen LogP contribution in [0, 0.1) is 10.1 Å². The molecule has 1 aromatic carbocycles. The van der Waals surface area contributed by atoms with Crippen LogP contribution >= 0.6 is 46.1 Å². The molecule has 94 valence electrons. The maximum absolute atomic E-state index is 10.6. The van der Waals surface area contributed by atoms with Crippen molar-refractivity contribution in [2.45, 2.75) is 0 Å². The molecule has 2 aromatic rings. The Morgan fingerprint density at radius 2 is 1.89 bits per heavy atom. The Kier molecular flexibility index (Phi) is 3.91. The highest BCUT2D eigenvalue weighted by molar-refractivity contribution is 7.11. The first-order chi connectivity index (χ1) is 8.47. The highest BCUT2D eigenvalue weighted by Gasteiger charge is 2.17. The van der Waals surface area contributed by atoms with Gasteiger partial charge in [-0.25, -0.2) is 0 Å². The lowest BCUT2D eigenvalue weighted by molar-refractivity contribution is -0.384. The molecular weight excluding hydrogens is 323 g/mol. The number of non-ortho nitro benzene ring substituents is 1. The van der Waals surface area contributed by atoms with E-state index in [1.54, 1.807) is 5.38 Å². The lowest BCUT2D eigenvalue weighted by Crippen LogP contribution is -1.91. The van der Waals surface area contributed by atoms with Crippen LogP contribution in [0.25, 0.3) is 0 Å². The maximum Gasteiger partial charge on any atom is 0.280 e. The summed E-state index contributed by atoms with van der Waals surface area (Å²) in [5.74, 6) is 0.106. The minimum absolute atomic E-state index is 0.0283. The van der Waals surface area contributed by atoms with Gasteiger partial charge in [-0.1, -0.05) is 46.1 Å². The van der Waals surface area contributed by atoms with Crippen LogP contribution in [0.3, 0.4) is 0 Å². The van der Waals surface area contributed by atoms with E-state index < -0.39 is 4.92 Å². The van der Waals surface area contributed by atoms with E-state index in [4.69, 9.17) is 39.5 Å². The number of nitrogens with zero attached hydrogens (tertiary/aromatic N) is 2. The third-order valence-corrected chi connectivity index (χ3v) is 3.44. The summed E-state index contributed by atoms with van der Waals surface area (Å²) in [5, 5.41) is 12.8. The van der Waals surface area contributed by atoms with Gasteiger partial charge in [0.05, 0.1) is 15.0 Å². The highest BCUT2D eigenvalue weighted by Crippen LogP contribution is 2.40. The third kappa shape index (κ3) is 2.84. The average Bonchev–Trinajstić information content (AvgIpc) is 2.69. The monoisotopic (exact) mass is 324 g/mol. The molecule has 0 unspecified atom stereocenters. The van der Waals surface area contributed by atoms with Crippen molar-refractivity contribution in [3.8, 4) is 10.9 Å². The number of halogens is 3. The van der Waals surface area contributed by atoms with Gasteiger partial charge < -0.3 is 4.74 Å². The summed E-state index contributed by atoms with van der Waals surface area (Å²) in [5.41, 5.74) is -0.213. The molecule has 0 saturated carbocycles. The van der Waals surface area contributed by atoms with E-state index >= 15 is 0 Å². The number of ether oxygens (including phenoxy) is 1. The number of thiazole rings is 1. The molecule has 0 aliphatic heterocycles. The van der Waals surface area contributed by atoms with Crippen LogP contribution < -0.4 is 4.74 Å². The second kappa shape index (κ2) is 5.27. The zero-order chi connectivity index (χ0) is 13.3. The molecule has 0 fully saturated rings. The molecule has 0 amide bonds. The van der Waals surface area contributed by atoms with E-state index in [-0.39, 0.29) is 31.8 Å². The lowest BCUT2D eigenvalue weighted by atomic mass is 10.3. The Morgan fingerprint density at radius 1 is 1.28 bits per heavy atom. The molecule has 5 nitrogen and oxygen atoms in total. The van der Waals surface area contributed by atoms with E-state index in [9.17, 15) is 10.1 Å². The van der Waals surface area contributed by atoms with Crippen molar-refractivity contribution in [1.82, 2.24) is 4.98 Å². The van der Waals surface area contributed by atoms with Crippen LogP contribution in [-0.4, -0.2) is 9.91 Å². The van der Waals surface area contributed by atoms with Crippen LogP contribution in [0.2, 0.25) is 15.2 Å². The predicted octanol–water partition coefficient (Wildman–Crippen LogP) is 4.80. The molecule has 0 saturated heterocycles. The van der Waals surface area contributed by atoms with E-state index in [0.717, 1.165) is 23.5 Å². The fraction of sp³-hybridized carbons (Fsp3) is 0. The molecule has 1 heterocycles. The number of aromatic nitrogens is 1. The first-order valence-electron chi connectivity index (χ1n) is 4.39. The Morgan fingerprint density at radius 3 is 2.33 bits per heavy atom. The van der Waals surface area contributed by atoms with E-state index in [2.05, 4.69) is 4.98 Å². The fourth-order valence-corrected chi connectivity index (χ4v) is 2.47. The van der Waals surface area contributed by atoms with Crippen molar-refractivity contribution in [2.24, 2.45) is 0 Å². The quantitative estimate of drug-likeness (QED) is 0.600. The second-order valence-electron chi connectivity index (χ2n) is 3.03. The Bertz CT molecular complexity index is 594. The Balaban J connectivity index is 2.37. The van der Waals surface area contributed by atoms with Crippen LogP contribution in [0.15, 0.2) is 17.5 Å². The first-order valence-corrected chi connectivity index (χ1v) is 6.41. The third-order valence-electron chi connectivity index (χ3n) is 1.84. The highest BCUT2D eigenvalue weighted by atomic mass is 35.5. The molecule has 9 heteroatoms. The van der Waals surface area contributed by atoms with Crippen molar-refractivity contribution in [1.29, 1.82) is 0 Å². The zero-order valence-corrected chi connectivity index (χ0v) is 11.5. The average molecular weight is 326 g/mol.